The average molecular weight is 241 g/mol. The van der Waals surface area contributed by atoms with Gasteiger partial charge in [0.15, 0.2) is 5.72 Å². The molecule has 2 atom stereocenters. The second kappa shape index (κ2) is 4.94. The number of methoxy groups -OCH3 is 1. The molecule has 4 heteroatoms. The maximum atomic E-state index is 11.8. The van der Waals surface area contributed by atoms with E-state index in [1.807, 2.05) is 5.06 Å². The highest BCUT2D eigenvalue weighted by molar-refractivity contribution is 5.75. The number of ether oxygens (including phenoxy) is 1. The Morgan fingerprint density at radius 1 is 1.35 bits per heavy atom. The van der Waals surface area contributed by atoms with Crippen molar-refractivity contribution in [3.05, 3.63) is 0 Å². The van der Waals surface area contributed by atoms with Crippen LogP contribution in [0.2, 0.25) is 0 Å². The van der Waals surface area contributed by atoms with E-state index in [1.54, 1.807) is 0 Å². The fourth-order valence-electron chi connectivity index (χ4n) is 2.80. The number of hydrogen-bond donors (Lipinski definition) is 0. The Kier molecular flexibility index (Phi) is 3.73. The molecule has 1 saturated heterocycles. The van der Waals surface area contributed by atoms with Crippen LogP contribution in [0.5, 0.6) is 0 Å². The summed E-state index contributed by atoms with van der Waals surface area (Å²) in [4.78, 5) is 17.6. The lowest BCUT2D eigenvalue weighted by Gasteiger charge is -2.21. The van der Waals surface area contributed by atoms with Gasteiger partial charge in [0.1, 0.15) is 6.04 Å². The van der Waals surface area contributed by atoms with Crippen LogP contribution in [0.3, 0.4) is 0 Å². The van der Waals surface area contributed by atoms with Crippen molar-refractivity contribution in [1.82, 2.24) is 5.06 Å². The zero-order valence-corrected chi connectivity index (χ0v) is 11.1. The fraction of sp³-hybridized carbons (Fsp3) is 0.923. The summed E-state index contributed by atoms with van der Waals surface area (Å²) in [6.07, 6.45) is 6.59. The maximum absolute atomic E-state index is 11.8. The molecule has 4 nitrogen and oxygen atoms in total. The van der Waals surface area contributed by atoms with Gasteiger partial charge in [-0.3, -0.25) is 9.63 Å². The van der Waals surface area contributed by atoms with Crippen molar-refractivity contribution < 1.29 is 14.4 Å². The van der Waals surface area contributed by atoms with Crippen LogP contribution in [-0.2, 0) is 14.4 Å². The molecule has 0 aromatic carbocycles. The minimum atomic E-state index is -0.224. The first-order chi connectivity index (χ1) is 8.09. The molecule has 1 aliphatic heterocycles. The van der Waals surface area contributed by atoms with E-state index in [0.29, 0.717) is 5.92 Å². The number of esters is 1. The summed E-state index contributed by atoms with van der Waals surface area (Å²) in [5, 5.41) is 1.90. The first-order valence-corrected chi connectivity index (χ1v) is 6.65. The number of carbonyl (C=O) groups is 1. The van der Waals surface area contributed by atoms with E-state index in [0.717, 1.165) is 19.3 Å². The molecule has 17 heavy (non-hydrogen) atoms. The lowest BCUT2D eigenvalue weighted by Crippen LogP contribution is -2.37. The van der Waals surface area contributed by atoms with Crippen LogP contribution in [0.25, 0.3) is 0 Å². The van der Waals surface area contributed by atoms with Gasteiger partial charge in [-0.15, -0.1) is 5.06 Å². The number of hydrogen-bond acceptors (Lipinski definition) is 4. The van der Waals surface area contributed by atoms with Crippen LogP contribution in [0.15, 0.2) is 0 Å². The van der Waals surface area contributed by atoms with Crippen LogP contribution >= 0.6 is 0 Å². The van der Waals surface area contributed by atoms with E-state index in [-0.39, 0.29) is 17.7 Å². The third-order valence-electron chi connectivity index (χ3n) is 3.72. The molecule has 0 aromatic rings. The lowest BCUT2D eigenvalue weighted by molar-refractivity contribution is -0.148. The topological polar surface area (TPSA) is 41.8 Å². The Labute approximate surface area is 103 Å². The molecular formula is C13H23NO3. The molecule has 0 aromatic heterocycles. The summed E-state index contributed by atoms with van der Waals surface area (Å²) in [6.45, 7) is 4.24. The van der Waals surface area contributed by atoms with Gasteiger partial charge in [-0.25, -0.2) is 0 Å². The van der Waals surface area contributed by atoms with Gasteiger partial charge in [0, 0.05) is 0 Å². The van der Waals surface area contributed by atoms with E-state index in [1.165, 1.54) is 26.4 Å². The van der Waals surface area contributed by atoms with Gasteiger partial charge in [0.05, 0.1) is 7.11 Å². The molecule has 0 bridgehead atoms. The standard InChI is InChI=1S/C13H23NO3/c1-10(2)9-11(12(15)16-3)14-13(17-14)7-5-4-6-8-13/h10-11H,4-9H2,1-3H3/t11-,14?/m0/s1. The van der Waals surface area contributed by atoms with E-state index < -0.39 is 0 Å². The van der Waals surface area contributed by atoms with E-state index >= 15 is 0 Å². The molecule has 2 rings (SSSR count). The van der Waals surface area contributed by atoms with E-state index in [2.05, 4.69) is 13.8 Å². The summed E-state index contributed by atoms with van der Waals surface area (Å²) in [6, 6.07) is -0.224. The Morgan fingerprint density at radius 2 is 2.00 bits per heavy atom. The van der Waals surface area contributed by atoms with Gasteiger partial charge in [0.2, 0.25) is 0 Å². The van der Waals surface area contributed by atoms with Gasteiger partial charge < -0.3 is 4.74 Å². The largest absolute Gasteiger partial charge is 0.468 e. The molecule has 1 spiro atoms. The summed E-state index contributed by atoms with van der Waals surface area (Å²) < 4.78 is 4.89. The predicted octanol–water partition coefficient (Wildman–Crippen LogP) is 2.48. The third-order valence-corrected chi connectivity index (χ3v) is 3.72. The molecule has 2 fully saturated rings. The summed E-state index contributed by atoms with van der Waals surface area (Å²) >= 11 is 0. The Morgan fingerprint density at radius 3 is 2.53 bits per heavy atom. The molecule has 1 saturated carbocycles. The van der Waals surface area contributed by atoms with Crippen molar-refractivity contribution in [3.8, 4) is 0 Å². The minimum Gasteiger partial charge on any atom is -0.468 e. The summed E-state index contributed by atoms with van der Waals surface area (Å²) in [5.41, 5.74) is -0.133. The molecule has 2 aliphatic rings. The maximum Gasteiger partial charge on any atom is 0.325 e. The Hall–Kier alpha value is -0.610. The van der Waals surface area contributed by atoms with Crippen molar-refractivity contribution in [2.75, 3.05) is 7.11 Å². The van der Waals surface area contributed by atoms with E-state index in [9.17, 15) is 4.79 Å². The lowest BCUT2D eigenvalue weighted by atomic mass is 9.92. The van der Waals surface area contributed by atoms with Crippen molar-refractivity contribution in [1.29, 1.82) is 0 Å². The van der Waals surface area contributed by atoms with Gasteiger partial charge in [-0.2, -0.15) is 0 Å². The highest BCUT2D eigenvalue weighted by atomic mass is 16.9. The molecule has 1 aliphatic carbocycles. The summed E-state index contributed by atoms with van der Waals surface area (Å²) in [7, 11) is 1.45. The number of hydroxylamine groups is 2. The zero-order valence-electron chi connectivity index (χ0n) is 11.1. The van der Waals surface area contributed by atoms with Crippen LogP contribution in [-0.4, -0.2) is 29.9 Å². The Bertz CT molecular complexity index is 284. The second-order valence-electron chi connectivity index (χ2n) is 5.59. The first-order valence-electron chi connectivity index (χ1n) is 6.65. The Balaban J connectivity index is 2.00. The van der Waals surface area contributed by atoms with Crippen molar-refractivity contribution in [3.63, 3.8) is 0 Å². The second-order valence-corrected chi connectivity index (χ2v) is 5.59. The van der Waals surface area contributed by atoms with Crippen molar-refractivity contribution in [2.45, 2.75) is 64.1 Å². The number of nitrogens with zero attached hydrogens (tertiary/aromatic N) is 1. The first kappa shape index (κ1) is 12.8. The number of rotatable bonds is 4. The SMILES string of the molecule is COC(=O)[C@H](CC(C)C)N1OC12CCCCC2. The van der Waals surface area contributed by atoms with Crippen LogP contribution < -0.4 is 0 Å². The van der Waals surface area contributed by atoms with Crippen molar-refractivity contribution >= 4 is 5.97 Å². The predicted molar refractivity (Wildman–Crippen MR) is 64.0 cm³/mol. The molecule has 98 valence electrons. The van der Waals surface area contributed by atoms with Crippen LogP contribution in [0.4, 0.5) is 0 Å². The monoisotopic (exact) mass is 241 g/mol. The highest BCUT2D eigenvalue weighted by Gasteiger charge is 2.59. The molecular weight excluding hydrogens is 218 g/mol. The fourth-order valence-corrected chi connectivity index (χ4v) is 2.80. The molecule has 0 N–H and O–H groups in total. The zero-order chi connectivity index (χ0) is 12.5. The van der Waals surface area contributed by atoms with E-state index in [4.69, 9.17) is 9.57 Å². The van der Waals surface area contributed by atoms with Gasteiger partial charge in [-0.05, 0) is 38.0 Å². The molecule has 1 unspecified atom stereocenters. The molecule has 1 heterocycles. The van der Waals surface area contributed by atoms with Gasteiger partial charge >= 0.3 is 5.97 Å². The summed E-state index contributed by atoms with van der Waals surface area (Å²) in [5.74, 6) is 0.296. The highest BCUT2D eigenvalue weighted by Crippen LogP contribution is 2.49. The minimum absolute atomic E-state index is 0.133. The van der Waals surface area contributed by atoms with Crippen molar-refractivity contribution in [2.24, 2.45) is 5.92 Å². The van der Waals surface area contributed by atoms with Crippen LogP contribution in [0.1, 0.15) is 52.4 Å². The number of carbonyl (C=O) groups excluding carboxylic acids is 1. The molecule has 0 amide bonds. The average Bonchev–Trinajstić information content (AvgIpc) is 2.99. The smallest absolute Gasteiger partial charge is 0.325 e. The normalized spacial score (nSPS) is 28.1. The van der Waals surface area contributed by atoms with Gasteiger partial charge in [-0.1, -0.05) is 20.3 Å². The molecule has 0 radical (unpaired) electrons. The van der Waals surface area contributed by atoms with Crippen LogP contribution in [0, 0.1) is 5.92 Å². The third kappa shape index (κ3) is 2.63. The quantitative estimate of drug-likeness (QED) is 0.560. The van der Waals surface area contributed by atoms with Gasteiger partial charge in [0.25, 0.3) is 0 Å².